The van der Waals surface area contributed by atoms with Crippen LogP contribution in [0, 0.1) is 0 Å². The zero-order valence-electron chi connectivity index (χ0n) is 9.83. The Morgan fingerprint density at radius 1 is 1.42 bits per heavy atom. The molecule has 9 heteroatoms. The van der Waals surface area contributed by atoms with E-state index in [2.05, 4.69) is 4.72 Å². The largest absolute Gasteiger partial charge is 0.417 e. The van der Waals surface area contributed by atoms with Crippen molar-refractivity contribution in [2.45, 2.75) is 24.0 Å². The lowest BCUT2D eigenvalue weighted by atomic mass is 10.2. The zero-order valence-corrected chi connectivity index (χ0v) is 11.4. The van der Waals surface area contributed by atoms with Crippen LogP contribution in [-0.2, 0) is 16.2 Å². The minimum Gasteiger partial charge on any atom is -0.329 e. The molecule has 0 bridgehead atoms. The van der Waals surface area contributed by atoms with Crippen molar-refractivity contribution in [2.24, 2.45) is 5.73 Å². The molecule has 0 aliphatic heterocycles. The van der Waals surface area contributed by atoms with Gasteiger partial charge in [-0.2, -0.15) is 13.2 Å². The summed E-state index contributed by atoms with van der Waals surface area (Å²) in [5, 5.41) is -0.196. The first-order chi connectivity index (χ1) is 8.58. The van der Waals surface area contributed by atoms with Crippen LogP contribution in [0.2, 0.25) is 5.02 Å². The van der Waals surface area contributed by atoms with Crippen LogP contribution in [0.3, 0.4) is 0 Å². The van der Waals surface area contributed by atoms with Crippen LogP contribution < -0.4 is 10.5 Å². The summed E-state index contributed by atoms with van der Waals surface area (Å²) < 4.78 is 64.2. The van der Waals surface area contributed by atoms with Crippen molar-refractivity contribution in [1.82, 2.24) is 4.72 Å². The highest BCUT2D eigenvalue weighted by Crippen LogP contribution is 2.35. The third-order valence-electron chi connectivity index (χ3n) is 2.25. The van der Waals surface area contributed by atoms with Crippen molar-refractivity contribution in [2.75, 3.05) is 6.54 Å². The van der Waals surface area contributed by atoms with Gasteiger partial charge in [0.15, 0.2) is 0 Å². The second-order valence-corrected chi connectivity index (χ2v) is 6.02. The molecule has 0 radical (unpaired) electrons. The second kappa shape index (κ2) is 5.66. The smallest absolute Gasteiger partial charge is 0.329 e. The van der Waals surface area contributed by atoms with Gasteiger partial charge in [0.2, 0.25) is 10.0 Å². The molecule has 0 saturated carbocycles. The van der Waals surface area contributed by atoms with Crippen molar-refractivity contribution >= 4 is 21.6 Å². The molecular weight excluding hydrogens is 305 g/mol. The molecule has 0 heterocycles. The molecule has 108 valence electrons. The molecule has 0 unspecified atom stereocenters. The number of halogens is 4. The topological polar surface area (TPSA) is 72.2 Å². The first-order valence-corrected chi connectivity index (χ1v) is 7.03. The Bertz CT molecular complexity index is 560. The fourth-order valence-electron chi connectivity index (χ4n) is 1.33. The molecular formula is C10H12ClF3N2O2S. The first-order valence-electron chi connectivity index (χ1n) is 5.17. The standard InChI is InChI=1S/C10H12ClF3N2O2S/c1-6(5-15)16-19(17,18)9-3-2-7(11)4-8(9)10(12,13)14/h2-4,6,16H,5,15H2,1H3/t6-/m0/s1. The summed E-state index contributed by atoms with van der Waals surface area (Å²) in [5.41, 5.74) is 3.93. The molecule has 0 spiro atoms. The van der Waals surface area contributed by atoms with Crippen LogP contribution in [0.15, 0.2) is 23.1 Å². The number of rotatable bonds is 4. The van der Waals surface area contributed by atoms with Gasteiger partial charge in [-0.3, -0.25) is 0 Å². The number of alkyl halides is 3. The molecule has 0 fully saturated rings. The summed E-state index contributed by atoms with van der Waals surface area (Å²) >= 11 is 5.47. The fraction of sp³-hybridized carbons (Fsp3) is 0.400. The van der Waals surface area contributed by atoms with Gasteiger partial charge in [-0.1, -0.05) is 11.6 Å². The van der Waals surface area contributed by atoms with Gasteiger partial charge in [-0.05, 0) is 25.1 Å². The molecule has 19 heavy (non-hydrogen) atoms. The van der Waals surface area contributed by atoms with Crippen LogP contribution in [0.25, 0.3) is 0 Å². The number of nitrogens with one attached hydrogen (secondary N) is 1. The number of benzene rings is 1. The van der Waals surface area contributed by atoms with E-state index in [9.17, 15) is 21.6 Å². The van der Waals surface area contributed by atoms with E-state index in [1.54, 1.807) is 0 Å². The van der Waals surface area contributed by atoms with Gasteiger partial charge in [-0.25, -0.2) is 13.1 Å². The quantitative estimate of drug-likeness (QED) is 0.892. The normalized spacial score (nSPS) is 14.4. The SMILES string of the molecule is C[C@@H](CN)NS(=O)(=O)c1ccc(Cl)cc1C(F)(F)F. The summed E-state index contributed by atoms with van der Waals surface area (Å²) in [6.45, 7) is 1.41. The Morgan fingerprint density at radius 2 is 2.00 bits per heavy atom. The second-order valence-electron chi connectivity index (χ2n) is 3.90. The van der Waals surface area contributed by atoms with Crippen molar-refractivity contribution in [3.8, 4) is 0 Å². The lowest BCUT2D eigenvalue weighted by Gasteiger charge is -2.16. The lowest BCUT2D eigenvalue weighted by molar-refractivity contribution is -0.139. The maximum atomic E-state index is 12.8. The molecule has 4 nitrogen and oxygen atoms in total. The van der Waals surface area contributed by atoms with Crippen LogP contribution in [0.1, 0.15) is 12.5 Å². The third kappa shape index (κ3) is 4.07. The first kappa shape index (κ1) is 16.2. The summed E-state index contributed by atoms with van der Waals surface area (Å²) in [6, 6.07) is 1.79. The molecule has 0 aromatic heterocycles. The van der Waals surface area contributed by atoms with E-state index < -0.39 is 32.7 Å². The van der Waals surface area contributed by atoms with Crippen molar-refractivity contribution in [3.05, 3.63) is 28.8 Å². The number of sulfonamides is 1. The average Bonchev–Trinajstić information content (AvgIpc) is 2.26. The fourth-order valence-corrected chi connectivity index (χ4v) is 2.97. The van der Waals surface area contributed by atoms with Crippen LogP contribution in [0.4, 0.5) is 13.2 Å². The van der Waals surface area contributed by atoms with Crippen molar-refractivity contribution < 1.29 is 21.6 Å². The molecule has 3 N–H and O–H groups in total. The highest BCUT2D eigenvalue weighted by Gasteiger charge is 2.37. The predicted molar refractivity (Wildman–Crippen MR) is 65.3 cm³/mol. The summed E-state index contributed by atoms with van der Waals surface area (Å²) in [4.78, 5) is -0.871. The molecule has 0 aliphatic carbocycles. The van der Waals surface area contributed by atoms with Gasteiger partial charge >= 0.3 is 6.18 Å². The minimum atomic E-state index is -4.82. The predicted octanol–water partition coefficient (Wildman–Crippen LogP) is 1.98. The van der Waals surface area contributed by atoms with E-state index in [0.29, 0.717) is 6.07 Å². The Morgan fingerprint density at radius 3 is 2.47 bits per heavy atom. The van der Waals surface area contributed by atoms with Gasteiger partial charge < -0.3 is 5.73 Å². The van der Waals surface area contributed by atoms with Gasteiger partial charge in [0.25, 0.3) is 0 Å². The molecule has 1 aromatic carbocycles. The highest BCUT2D eigenvalue weighted by atomic mass is 35.5. The number of hydrogen-bond acceptors (Lipinski definition) is 3. The van der Waals surface area contributed by atoms with Gasteiger partial charge in [-0.15, -0.1) is 0 Å². The molecule has 0 saturated heterocycles. The third-order valence-corrected chi connectivity index (χ3v) is 4.13. The average molecular weight is 317 g/mol. The van der Waals surface area contributed by atoms with E-state index in [0.717, 1.165) is 12.1 Å². The number of nitrogens with two attached hydrogens (primary N) is 1. The van der Waals surface area contributed by atoms with E-state index >= 15 is 0 Å². The molecule has 1 aromatic rings. The lowest BCUT2D eigenvalue weighted by Crippen LogP contribution is -2.38. The molecule has 0 aliphatic rings. The zero-order chi connectivity index (χ0) is 14.8. The van der Waals surface area contributed by atoms with E-state index in [4.69, 9.17) is 17.3 Å². The van der Waals surface area contributed by atoms with Crippen molar-refractivity contribution in [3.63, 3.8) is 0 Å². The van der Waals surface area contributed by atoms with E-state index in [1.807, 2.05) is 0 Å². The maximum Gasteiger partial charge on any atom is 0.417 e. The van der Waals surface area contributed by atoms with Crippen LogP contribution >= 0.6 is 11.6 Å². The molecule has 0 amide bonds. The highest BCUT2D eigenvalue weighted by molar-refractivity contribution is 7.89. The Kier molecular flexibility index (Phi) is 4.83. The summed E-state index contributed by atoms with van der Waals surface area (Å²) in [6.07, 6.45) is -4.82. The van der Waals surface area contributed by atoms with Gasteiger partial charge in [0.05, 0.1) is 10.5 Å². The summed E-state index contributed by atoms with van der Waals surface area (Å²) in [7, 11) is -4.31. The van der Waals surface area contributed by atoms with Crippen LogP contribution in [0.5, 0.6) is 0 Å². The minimum absolute atomic E-state index is 0.0336. The van der Waals surface area contributed by atoms with Crippen molar-refractivity contribution in [1.29, 1.82) is 0 Å². The number of hydrogen-bond donors (Lipinski definition) is 2. The molecule has 1 atom stereocenters. The maximum absolute atomic E-state index is 12.8. The Hall–Kier alpha value is -0.830. The van der Waals surface area contributed by atoms with Crippen LogP contribution in [-0.4, -0.2) is 21.0 Å². The Balaban J connectivity index is 3.35. The Labute approximate surface area is 113 Å². The van der Waals surface area contributed by atoms with Gasteiger partial charge in [0.1, 0.15) is 0 Å². The monoisotopic (exact) mass is 316 g/mol. The van der Waals surface area contributed by atoms with Gasteiger partial charge in [0, 0.05) is 17.6 Å². The van der Waals surface area contributed by atoms with E-state index in [1.165, 1.54) is 6.92 Å². The van der Waals surface area contributed by atoms with E-state index in [-0.39, 0.29) is 11.6 Å². The summed E-state index contributed by atoms with van der Waals surface area (Å²) in [5.74, 6) is 0. The molecule has 1 rings (SSSR count).